The smallest absolute Gasteiger partial charge is 0.133 e. The normalized spacial score (nSPS) is 19.9. The Labute approximate surface area is 111 Å². The first-order valence-electron chi connectivity index (χ1n) is 7.05. The maximum Gasteiger partial charge on any atom is 0.133 e. The second-order valence-electron chi connectivity index (χ2n) is 5.42. The zero-order valence-corrected chi connectivity index (χ0v) is 12.2. The van der Waals surface area contributed by atoms with Crippen LogP contribution in [0.4, 0.5) is 0 Å². The van der Waals surface area contributed by atoms with Crippen molar-refractivity contribution in [1.82, 2.24) is 4.90 Å². The predicted octanol–water partition coefficient (Wildman–Crippen LogP) is 2.72. The Bertz CT molecular complexity index is 288. The SMILES string of the molecule is CCOCC(C)C(C(C)=O)C(C)CN1C=CCC1. The fraction of sp³-hybridized carbons (Fsp3) is 0.800. The van der Waals surface area contributed by atoms with Crippen molar-refractivity contribution in [2.24, 2.45) is 17.8 Å². The third-order valence-electron chi connectivity index (χ3n) is 3.70. The monoisotopic (exact) mass is 253 g/mol. The summed E-state index contributed by atoms with van der Waals surface area (Å²) in [5, 5.41) is 0. The molecule has 3 unspecified atom stereocenters. The molecule has 1 rings (SSSR count). The van der Waals surface area contributed by atoms with Crippen LogP contribution >= 0.6 is 0 Å². The van der Waals surface area contributed by atoms with E-state index in [2.05, 4.69) is 31.0 Å². The molecule has 0 spiro atoms. The molecule has 0 N–H and O–H groups in total. The average Bonchev–Trinajstić information content (AvgIpc) is 2.78. The van der Waals surface area contributed by atoms with Gasteiger partial charge in [-0.05, 0) is 38.3 Å². The number of hydrogen-bond acceptors (Lipinski definition) is 3. The molecule has 0 fully saturated rings. The summed E-state index contributed by atoms with van der Waals surface area (Å²) in [7, 11) is 0. The summed E-state index contributed by atoms with van der Waals surface area (Å²) in [5.74, 6) is 1.06. The van der Waals surface area contributed by atoms with Gasteiger partial charge in [0.15, 0.2) is 0 Å². The van der Waals surface area contributed by atoms with E-state index in [1.165, 1.54) is 0 Å². The summed E-state index contributed by atoms with van der Waals surface area (Å²) in [4.78, 5) is 14.2. The van der Waals surface area contributed by atoms with Crippen molar-refractivity contribution in [1.29, 1.82) is 0 Å². The average molecular weight is 253 g/mol. The van der Waals surface area contributed by atoms with E-state index in [1.807, 2.05) is 6.92 Å². The minimum atomic E-state index is 0.102. The highest BCUT2D eigenvalue weighted by Crippen LogP contribution is 2.24. The molecule has 0 aliphatic carbocycles. The van der Waals surface area contributed by atoms with E-state index in [0.29, 0.717) is 18.4 Å². The number of carbonyl (C=O) groups is 1. The molecule has 0 aromatic heterocycles. The summed E-state index contributed by atoms with van der Waals surface area (Å²) in [6.07, 6.45) is 5.48. The number of carbonyl (C=O) groups excluding carboxylic acids is 1. The van der Waals surface area contributed by atoms with Gasteiger partial charge < -0.3 is 9.64 Å². The minimum Gasteiger partial charge on any atom is -0.381 e. The third-order valence-corrected chi connectivity index (χ3v) is 3.70. The van der Waals surface area contributed by atoms with Crippen LogP contribution < -0.4 is 0 Å². The van der Waals surface area contributed by atoms with Gasteiger partial charge in [-0.2, -0.15) is 0 Å². The molecule has 1 aliphatic rings. The molecule has 1 aliphatic heterocycles. The lowest BCUT2D eigenvalue weighted by molar-refractivity contribution is -0.125. The first-order chi connectivity index (χ1) is 8.56. The van der Waals surface area contributed by atoms with E-state index in [9.17, 15) is 4.79 Å². The molecule has 0 bridgehead atoms. The second kappa shape index (κ2) is 7.57. The second-order valence-corrected chi connectivity index (χ2v) is 5.42. The van der Waals surface area contributed by atoms with Gasteiger partial charge in [-0.1, -0.05) is 19.9 Å². The molecular weight excluding hydrogens is 226 g/mol. The van der Waals surface area contributed by atoms with Crippen LogP contribution in [0.15, 0.2) is 12.3 Å². The van der Waals surface area contributed by atoms with Gasteiger partial charge in [0.05, 0.1) is 0 Å². The fourth-order valence-corrected chi connectivity index (χ4v) is 2.94. The quantitative estimate of drug-likeness (QED) is 0.666. The van der Waals surface area contributed by atoms with Crippen molar-refractivity contribution in [2.45, 2.75) is 34.1 Å². The van der Waals surface area contributed by atoms with Crippen molar-refractivity contribution in [3.63, 3.8) is 0 Å². The Morgan fingerprint density at radius 1 is 1.39 bits per heavy atom. The van der Waals surface area contributed by atoms with Crippen molar-refractivity contribution < 1.29 is 9.53 Å². The maximum atomic E-state index is 11.9. The van der Waals surface area contributed by atoms with Gasteiger partial charge in [-0.25, -0.2) is 0 Å². The Morgan fingerprint density at radius 2 is 2.11 bits per heavy atom. The summed E-state index contributed by atoms with van der Waals surface area (Å²) < 4.78 is 5.47. The van der Waals surface area contributed by atoms with E-state index in [4.69, 9.17) is 4.74 Å². The van der Waals surface area contributed by atoms with Gasteiger partial charge in [0, 0.05) is 32.2 Å². The third kappa shape index (κ3) is 4.45. The standard InChI is InChI=1S/C15H27NO2/c1-5-18-11-13(3)15(14(4)17)12(2)10-16-8-6-7-9-16/h6,8,12-13,15H,5,7,9-11H2,1-4H3. The lowest BCUT2D eigenvalue weighted by atomic mass is 9.81. The van der Waals surface area contributed by atoms with Crippen LogP contribution in [-0.4, -0.2) is 37.0 Å². The molecule has 0 radical (unpaired) electrons. The molecule has 3 nitrogen and oxygen atoms in total. The first kappa shape index (κ1) is 15.2. The lowest BCUT2D eigenvalue weighted by Crippen LogP contribution is -2.35. The van der Waals surface area contributed by atoms with Crippen LogP contribution in [0.3, 0.4) is 0 Å². The van der Waals surface area contributed by atoms with Crippen molar-refractivity contribution >= 4 is 5.78 Å². The highest BCUT2D eigenvalue weighted by Gasteiger charge is 2.29. The Balaban J connectivity index is 2.53. The maximum absolute atomic E-state index is 11.9. The highest BCUT2D eigenvalue weighted by molar-refractivity contribution is 5.78. The molecule has 3 atom stereocenters. The Kier molecular flexibility index (Phi) is 6.41. The van der Waals surface area contributed by atoms with Crippen LogP contribution in [0, 0.1) is 17.8 Å². The molecule has 3 heteroatoms. The fourth-order valence-electron chi connectivity index (χ4n) is 2.94. The molecule has 0 saturated heterocycles. The topological polar surface area (TPSA) is 29.5 Å². The van der Waals surface area contributed by atoms with Gasteiger partial charge in [0.25, 0.3) is 0 Å². The lowest BCUT2D eigenvalue weighted by Gasteiger charge is -2.30. The van der Waals surface area contributed by atoms with Gasteiger partial charge in [-0.15, -0.1) is 0 Å². The largest absolute Gasteiger partial charge is 0.381 e. The summed E-state index contributed by atoms with van der Waals surface area (Å²) in [6, 6.07) is 0. The Morgan fingerprint density at radius 3 is 2.61 bits per heavy atom. The van der Waals surface area contributed by atoms with Crippen molar-refractivity contribution in [2.75, 3.05) is 26.3 Å². The summed E-state index contributed by atoms with van der Waals surface area (Å²) in [6.45, 7) is 11.5. The van der Waals surface area contributed by atoms with Gasteiger partial charge in [0.1, 0.15) is 5.78 Å². The summed E-state index contributed by atoms with van der Waals surface area (Å²) >= 11 is 0. The van der Waals surface area contributed by atoms with Gasteiger partial charge >= 0.3 is 0 Å². The molecule has 0 aromatic rings. The zero-order valence-electron chi connectivity index (χ0n) is 12.2. The zero-order chi connectivity index (χ0) is 13.5. The van der Waals surface area contributed by atoms with Crippen LogP contribution in [0.2, 0.25) is 0 Å². The highest BCUT2D eigenvalue weighted by atomic mass is 16.5. The van der Waals surface area contributed by atoms with Crippen LogP contribution in [0.25, 0.3) is 0 Å². The predicted molar refractivity (Wildman–Crippen MR) is 74.3 cm³/mol. The summed E-state index contributed by atoms with van der Waals surface area (Å²) in [5.41, 5.74) is 0. The van der Waals surface area contributed by atoms with Crippen molar-refractivity contribution in [3.05, 3.63) is 12.3 Å². The van der Waals surface area contributed by atoms with E-state index < -0.39 is 0 Å². The number of nitrogens with zero attached hydrogens (tertiary/aromatic N) is 1. The number of ketones is 1. The van der Waals surface area contributed by atoms with E-state index in [0.717, 1.165) is 26.1 Å². The van der Waals surface area contributed by atoms with E-state index in [-0.39, 0.29) is 11.7 Å². The molecular formula is C15H27NO2. The molecule has 0 amide bonds. The van der Waals surface area contributed by atoms with Crippen molar-refractivity contribution in [3.8, 4) is 0 Å². The Hall–Kier alpha value is -0.830. The minimum absolute atomic E-state index is 0.102. The van der Waals surface area contributed by atoms with Crippen LogP contribution in [0.1, 0.15) is 34.1 Å². The van der Waals surface area contributed by atoms with Gasteiger partial charge in [0.2, 0.25) is 0 Å². The van der Waals surface area contributed by atoms with E-state index >= 15 is 0 Å². The molecule has 18 heavy (non-hydrogen) atoms. The molecule has 104 valence electrons. The molecule has 1 heterocycles. The number of hydrogen-bond donors (Lipinski definition) is 0. The van der Waals surface area contributed by atoms with Crippen LogP contribution in [-0.2, 0) is 9.53 Å². The molecule has 0 saturated carbocycles. The van der Waals surface area contributed by atoms with E-state index in [1.54, 1.807) is 6.92 Å². The number of Topliss-reactive ketones (excluding diaryl/α,β-unsaturated/α-hetero) is 1. The molecule has 0 aromatic carbocycles. The van der Waals surface area contributed by atoms with Gasteiger partial charge in [-0.3, -0.25) is 4.79 Å². The number of rotatable bonds is 8. The number of ether oxygens (including phenoxy) is 1. The first-order valence-corrected chi connectivity index (χ1v) is 7.05. The van der Waals surface area contributed by atoms with Crippen LogP contribution in [0.5, 0.6) is 0 Å².